The minimum absolute atomic E-state index is 0.202. The fraction of sp³-hybridized carbons (Fsp3) is 0.500. The van der Waals surface area contributed by atoms with Crippen molar-refractivity contribution in [2.45, 2.75) is 108 Å². The molecule has 13 heteroatoms. The summed E-state index contributed by atoms with van der Waals surface area (Å²) in [6.07, 6.45) is 5.49. The Hall–Kier alpha value is -3.81. The molecule has 9 rings (SSSR count). The molecule has 290 valence electrons. The highest BCUT2D eigenvalue weighted by Crippen LogP contribution is 2.50. The Bertz CT molecular complexity index is 2210. The monoisotopic (exact) mass is 784 g/mol. The van der Waals surface area contributed by atoms with Crippen molar-refractivity contribution < 1.29 is 23.3 Å². The van der Waals surface area contributed by atoms with Gasteiger partial charge in [0.2, 0.25) is 0 Å². The summed E-state index contributed by atoms with van der Waals surface area (Å²) in [6, 6.07) is 18.3. The highest BCUT2D eigenvalue weighted by Gasteiger charge is 2.43. The van der Waals surface area contributed by atoms with E-state index in [9.17, 15) is 4.39 Å². The van der Waals surface area contributed by atoms with Crippen molar-refractivity contribution in [1.29, 1.82) is 0 Å². The van der Waals surface area contributed by atoms with Crippen molar-refractivity contribution in [3.8, 4) is 22.9 Å². The first-order valence-electron chi connectivity index (χ1n) is 19.8. The van der Waals surface area contributed by atoms with Gasteiger partial charge in [0.25, 0.3) is 5.79 Å². The second kappa shape index (κ2) is 14.6. The molecule has 0 unspecified atom stereocenters. The maximum absolute atomic E-state index is 15.0. The second-order valence-corrected chi connectivity index (χ2v) is 23.1. The first kappa shape index (κ1) is 36.8. The van der Waals surface area contributed by atoms with Gasteiger partial charge in [0.05, 0.1) is 35.8 Å². The van der Waals surface area contributed by atoms with Gasteiger partial charge < -0.3 is 23.5 Å². The summed E-state index contributed by atoms with van der Waals surface area (Å²) in [5.41, 5.74) is 4.51. The van der Waals surface area contributed by atoms with E-state index in [2.05, 4.69) is 63.0 Å². The van der Waals surface area contributed by atoms with Crippen molar-refractivity contribution in [1.82, 2.24) is 29.2 Å². The van der Waals surface area contributed by atoms with Gasteiger partial charge in [-0.2, -0.15) is 0 Å². The van der Waals surface area contributed by atoms with E-state index >= 15 is 0 Å². The molecule has 55 heavy (non-hydrogen) atoms. The number of fused-ring (bicyclic) bond motifs is 2. The third kappa shape index (κ3) is 7.56. The summed E-state index contributed by atoms with van der Waals surface area (Å²) in [6.45, 7) is 14.3. The number of rotatable bonds is 13. The number of para-hydroxylation sites is 1. The highest BCUT2D eigenvalue weighted by atomic mass is 35.5. The molecular weight excluding hydrogens is 735 g/mol. The number of nitrogens with zero attached hydrogens (tertiary/aromatic N) is 6. The Morgan fingerprint density at radius 1 is 0.945 bits per heavy atom. The molecule has 1 saturated carbocycles. The molecule has 5 aromatic rings. The van der Waals surface area contributed by atoms with Crippen LogP contribution in [0.2, 0.25) is 30.7 Å². The summed E-state index contributed by atoms with van der Waals surface area (Å²) in [5, 5.41) is 9.69. The van der Waals surface area contributed by atoms with Crippen LogP contribution in [-0.2, 0) is 35.1 Å². The Labute approximate surface area is 327 Å². The normalized spacial score (nSPS) is 21.7. The van der Waals surface area contributed by atoms with Crippen LogP contribution in [0.3, 0.4) is 0 Å². The molecule has 10 nitrogen and oxygen atoms in total. The second-order valence-electron chi connectivity index (χ2n) is 17.1. The standard InChI is InChI=1S/C42H50ClFN6O4Si/c1-42(33-12-11-30(43)23-34(33)44)53-37-7-5-6-32(39(37)54-42)27-14-17-48(18-15-27)25-38-45-35-22-29(10-13-36(35)49(38)24-31-16-19-52-31)41-47-46-40(28-8-9-28)50(41)26-51-20-21-55(2,3)4/h5-7,10-13,22-23,27-28,31H,8-9,14-21,24-26H2,1-4H3/t31-,42-/m0/s1. The summed E-state index contributed by atoms with van der Waals surface area (Å²) >= 11 is 6.04. The molecule has 3 aromatic carbocycles. The minimum atomic E-state index is -1.27. The first-order chi connectivity index (χ1) is 26.5. The largest absolute Gasteiger partial charge is 0.444 e. The number of likely N-dealkylation sites (tertiary alicyclic amines) is 1. The molecule has 3 fully saturated rings. The smallest absolute Gasteiger partial charge is 0.278 e. The van der Waals surface area contributed by atoms with Gasteiger partial charge in [-0.15, -0.1) is 10.2 Å². The third-order valence-corrected chi connectivity index (χ3v) is 13.6. The van der Waals surface area contributed by atoms with Crippen LogP contribution in [0.25, 0.3) is 22.4 Å². The molecule has 2 atom stereocenters. The molecule has 0 N–H and O–H groups in total. The van der Waals surface area contributed by atoms with E-state index in [0.29, 0.717) is 34.7 Å². The predicted molar refractivity (Wildman–Crippen MR) is 213 cm³/mol. The Kier molecular flexibility index (Phi) is 9.77. The zero-order chi connectivity index (χ0) is 37.9. The summed E-state index contributed by atoms with van der Waals surface area (Å²) in [5.74, 6) is 3.30. The van der Waals surface area contributed by atoms with Crippen molar-refractivity contribution in [2.75, 3.05) is 26.3 Å². The molecule has 0 bridgehead atoms. The molecule has 0 amide bonds. The van der Waals surface area contributed by atoms with Crippen LogP contribution in [0.15, 0.2) is 54.6 Å². The number of benzene rings is 3. The number of hydrogen-bond acceptors (Lipinski definition) is 8. The van der Waals surface area contributed by atoms with E-state index in [1.165, 1.54) is 6.07 Å². The fourth-order valence-corrected chi connectivity index (χ4v) is 9.06. The molecule has 5 heterocycles. The van der Waals surface area contributed by atoms with Gasteiger partial charge in [-0.1, -0.05) is 43.4 Å². The number of halogens is 2. The van der Waals surface area contributed by atoms with Crippen LogP contribution in [0.5, 0.6) is 11.5 Å². The average Bonchev–Trinajstić information content (AvgIpc) is 3.65. The third-order valence-electron chi connectivity index (χ3n) is 11.6. The van der Waals surface area contributed by atoms with Gasteiger partial charge in [0.15, 0.2) is 17.3 Å². The highest BCUT2D eigenvalue weighted by molar-refractivity contribution is 6.76. The van der Waals surface area contributed by atoms with E-state index in [1.54, 1.807) is 19.1 Å². The molecule has 0 radical (unpaired) electrons. The van der Waals surface area contributed by atoms with Crippen LogP contribution in [0.4, 0.5) is 4.39 Å². The summed E-state index contributed by atoms with van der Waals surface area (Å²) in [4.78, 5) is 7.78. The lowest BCUT2D eigenvalue weighted by Crippen LogP contribution is -2.35. The zero-order valence-electron chi connectivity index (χ0n) is 32.2. The predicted octanol–water partition coefficient (Wildman–Crippen LogP) is 9.09. The number of piperidine rings is 1. The van der Waals surface area contributed by atoms with Gasteiger partial charge in [-0.3, -0.25) is 9.47 Å². The van der Waals surface area contributed by atoms with E-state index in [4.69, 9.17) is 40.6 Å². The molecule has 2 aromatic heterocycles. The van der Waals surface area contributed by atoms with E-state index in [1.807, 2.05) is 12.1 Å². The van der Waals surface area contributed by atoms with Crippen LogP contribution in [0.1, 0.15) is 73.6 Å². The molecule has 4 aliphatic rings. The van der Waals surface area contributed by atoms with Gasteiger partial charge in [-0.25, -0.2) is 9.37 Å². The lowest BCUT2D eigenvalue weighted by Gasteiger charge is -2.33. The van der Waals surface area contributed by atoms with E-state index in [-0.39, 0.29) is 12.0 Å². The van der Waals surface area contributed by atoms with E-state index < -0.39 is 19.7 Å². The van der Waals surface area contributed by atoms with Gasteiger partial charge in [0, 0.05) is 50.3 Å². The van der Waals surface area contributed by atoms with Crippen molar-refractivity contribution in [3.63, 3.8) is 0 Å². The maximum atomic E-state index is 15.0. The maximum Gasteiger partial charge on any atom is 0.278 e. The molecule has 3 aliphatic heterocycles. The SMILES string of the molecule is C[C@]1(c2ccc(Cl)cc2F)Oc2cccc(C3CCN(Cc4nc5cc(-c6nnc(C7CC7)n6COCC[Si](C)(C)C)ccc5n4C[C@@H]4CCO4)CC3)c2O1. The molecule has 2 saturated heterocycles. The molecule has 0 spiro atoms. The Morgan fingerprint density at radius 3 is 2.49 bits per heavy atom. The molecule has 1 aliphatic carbocycles. The number of aromatic nitrogens is 5. The Morgan fingerprint density at radius 2 is 1.76 bits per heavy atom. The van der Waals surface area contributed by atoms with Crippen molar-refractivity contribution in [3.05, 3.63) is 88.2 Å². The van der Waals surface area contributed by atoms with Gasteiger partial charge in [-0.05, 0) is 99.6 Å². The van der Waals surface area contributed by atoms with E-state index in [0.717, 1.165) is 117 Å². The van der Waals surface area contributed by atoms with Crippen LogP contribution < -0.4 is 9.47 Å². The quantitative estimate of drug-likeness (QED) is 0.0864. The zero-order valence-corrected chi connectivity index (χ0v) is 33.9. The number of hydrogen-bond donors (Lipinski definition) is 0. The van der Waals surface area contributed by atoms with Crippen molar-refractivity contribution >= 4 is 30.7 Å². The van der Waals surface area contributed by atoms with Gasteiger partial charge >= 0.3 is 0 Å². The summed E-state index contributed by atoms with van der Waals surface area (Å²) < 4.78 is 44.4. The number of imidazole rings is 1. The lowest BCUT2D eigenvalue weighted by atomic mass is 9.88. The van der Waals surface area contributed by atoms with Crippen LogP contribution in [0, 0.1) is 5.82 Å². The number of ether oxygens (including phenoxy) is 4. The Balaban J connectivity index is 0.922. The topological polar surface area (TPSA) is 88.7 Å². The molecular formula is C42H50ClFN6O4Si. The summed E-state index contributed by atoms with van der Waals surface area (Å²) in [7, 11) is -1.19. The average molecular weight is 785 g/mol. The lowest BCUT2D eigenvalue weighted by molar-refractivity contribution is -0.0712. The van der Waals surface area contributed by atoms with Crippen LogP contribution in [-0.4, -0.2) is 69.7 Å². The first-order valence-corrected chi connectivity index (χ1v) is 23.9. The minimum Gasteiger partial charge on any atom is -0.444 e. The van der Waals surface area contributed by atoms with Crippen LogP contribution >= 0.6 is 11.6 Å². The van der Waals surface area contributed by atoms with Crippen molar-refractivity contribution in [2.24, 2.45) is 0 Å². The fourth-order valence-electron chi connectivity index (χ4n) is 8.15. The van der Waals surface area contributed by atoms with Gasteiger partial charge in [0.1, 0.15) is 24.2 Å².